The SMILES string of the molecule is CCCCOCCOCCOCCOC(=O)C1CNC1. The fourth-order valence-corrected chi connectivity index (χ4v) is 1.56. The van der Waals surface area contributed by atoms with Gasteiger partial charge in [0.15, 0.2) is 0 Å². The van der Waals surface area contributed by atoms with E-state index in [1.807, 2.05) is 0 Å². The summed E-state index contributed by atoms with van der Waals surface area (Å²) in [6, 6.07) is 0. The summed E-state index contributed by atoms with van der Waals surface area (Å²) < 4.78 is 21.1. The molecule has 1 saturated heterocycles. The number of ether oxygens (including phenoxy) is 4. The molecule has 1 fully saturated rings. The molecule has 1 heterocycles. The lowest BCUT2D eigenvalue weighted by atomic mass is 10.0. The molecule has 1 rings (SSSR count). The van der Waals surface area contributed by atoms with E-state index in [-0.39, 0.29) is 11.9 Å². The molecular formula is C14H27NO5. The monoisotopic (exact) mass is 289 g/mol. The molecule has 0 amide bonds. The predicted octanol–water partition coefficient (Wildman–Crippen LogP) is 0.599. The maximum atomic E-state index is 11.4. The number of carbonyl (C=O) groups is 1. The second kappa shape index (κ2) is 12.1. The number of hydrogen-bond acceptors (Lipinski definition) is 6. The molecule has 6 heteroatoms. The number of rotatable bonds is 13. The van der Waals surface area contributed by atoms with Crippen LogP contribution in [-0.2, 0) is 23.7 Å². The first kappa shape index (κ1) is 17.4. The zero-order chi connectivity index (χ0) is 14.5. The van der Waals surface area contributed by atoms with Gasteiger partial charge in [0.2, 0.25) is 0 Å². The van der Waals surface area contributed by atoms with Gasteiger partial charge in [-0.15, -0.1) is 0 Å². The summed E-state index contributed by atoms with van der Waals surface area (Å²) in [7, 11) is 0. The van der Waals surface area contributed by atoms with Gasteiger partial charge in [0.1, 0.15) is 6.61 Å². The van der Waals surface area contributed by atoms with Gasteiger partial charge in [0.25, 0.3) is 0 Å². The highest BCUT2D eigenvalue weighted by Crippen LogP contribution is 2.04. The summed E-state index contributed by atoms with van der Waals surface area (Å²) >= 11 is 0. The van der Waals surface area contributed by atoms with Crippen LogP contribution in [0.4, 0.5) is 0 Å². The molecule has 0 aliphatic carbocycles. The van der Waals surface area contributed by atoms with E-state index in [2.05, 4.69) is 12.2 Å². The minimum atomic E-state index is -0.132. The van der Waals surface area contributed by atoms with Gasteiger partial charge in [0, 0.05) is 19.7 Å². The minimum Gasteiger partial charge on any atom is -0.463 e. The summed E-state index contributed by atoms with van der Waals surface area (Å²) in [6.07, 6.45) is 2.25. The highest BCUT2D eigenvalue weighted by molar-refractivity contribution is 5.73. The topological polar surface area (TPSA) is 66.0 Å². The lowest BCUT2D eigenvalue weighted by molar-refractivity contribution is -0.151. The van der Waals surface area contributed by atoms with Gasteiger partial charge in [-0.1, -0.05) is 13.3 Å². The van der Waals surface area contributed by atoms with E-state index in [9.17, 15) is 4.79 Å². The smallest absolute Gasteiger partial charge is 0.311 e. The summed E-state index contributed by atoms with van der Waals surface area (Å²) in [5.41, 5.74) is 0. The number of esters is 1. The molecule has 0 aromatic heterocycles. The van der Waals surface area contributed by atoms with Crippen molar-refractivity contribution < 1.29 is 23.7 Å². The van der Waals surface area contributed by atoms with Crippen molar-refractivity contribution in [2.24, 2.45) is 5.92 Å². The molecule has 1 aliphatic heterocycles. The van der Waals surface area contributed by atoms with Crippen molar-refractivity contribution in [1.82, 2.24) is 5.32 Å². The molecule has 0 aromatic carbocycles. The third-order valence-electron chi connectivity index (χ3n) is 2.97. The van der Waals surface area contributed by atoms with Crippen molar-refractivity contribution >= 4 is 5.97 Å². The Morgan fingerprint density at radius 3 is 2.00 bits per heavy atom. The molecule has 118 valence electrons. The van der Waals surface area contributed by atoms with Gasteiger partial charge in [-0.05, 0) is 6.42 Å². The van der Waals surface area contributed by atoms with Gasteiger partial charge in [0.05, 0.1) is 39.0 Å². The van der Waals surface area contributed by atoms with Crippen LogP contribution < -0.4 is 5.32 Å². The molecule has 0 spiro atoms. The second-order valence-electron chi connectivity index (χ2n) is 4.71. The Morgan fingerprint density at radius 1 is 0.950 bits per heavy atom. The summed E-state index contributed by atoms with van der Waals surface area (Å²) in [5.74, 6) is -0.0983. The maximum Gasteiger partial charge on any atom is 0.311 e. The Kier molecular flexibility index (Phi) is 10.5. The molecule has 0 aromatic rings. The summed E-state index contributed by atoms with van der Waals surface area (Å²) in [5, 5.41) is 3.03. The quantitative estimate of drug-likeness (QED) is 0.396. The fraction of sp³-hybridized carbons (Fsp3) is 0.929. The molecule has 20 heavy (non-hydrogen) atoms. The van der Waals surface area contributed by atoms with Crippen LogP contribution in [0, 0.1) is 5.92 Å². The third-order valence-corrected chi connectivity index (χ3v) is 2.97. The van der Waals surface area contributed by atoms with Crippen molar-refractivity contribution in [2.75, 3.05) is 59.3 Å². The van der Waals surface area contributed by atoms with Gasteiger partial charge >= 0.3 is 5.97 Å². The van der Waals surface area contributed by atoms with Crippen LogP contribution in [0.5, 0.6) is 0 Å². The van der Waals surface area contributed by atoms with E-state index < -0.39 is 0 Å². The fourth-order valence-electron chi connectivity index (χ4n) is 1.56. The van der Waals surface area contributed by atoms with E-state index in [1.54, 1.807) is 0 Å². The van der Waals surface area contributed by atoms with Crippen molar-refractivity contribution in [3.63, 3.8) is 0 Å². The van der Waals surface area contributed by atoms with Crippen LogP contribution in [0.2, 0.25) is 0 Å². The summed E-state index contributed by atoms with van der Waals surface area (Å²) in [6.45, 7) is 7.41. The molecule has 0 atom stereocenters. The van der Waals surface area contributed by atoms with E-state index >= 15 is 0 Å². The molecule has 1 N–H and O–H groups in total. The molecule has 1 aliphatic rings. The average molecular weight is 289 g/mol. The van der Waals surface area contributed by atoms with Crippen molar-refractivity contribution in [3.05, 3.63) is 0 Å². The van der Waals surface area contributed by atoms with E-state index in [4.69, 9.17) is 18.9 Å². The van der Waals surface area contributed by atoms with Crippen LogP contribution in [0.15, 0.2) is 0 Å². The standard InChI is InChI=1S/C14H27NO5/c1-2-3-4-17-5-6-18-7-8-19-9-10-20-14(16)13-11-15-12-13/h13,15H,2-12H2,1H3. The van der Waals surface area contributed by atoms with Gasteiger partial charge < -0.3 is 24.3 Å². The van der Waals surface area contributed by atoms with Gasteiger partial charge in [-0.25, -0.2) is 0 Å². The second-order valence-corrected chi connectivity index (χ2v) is 4.71. The first-order valence-corrected chi connectivity index (χ1v) is 7.45. The number of carbonyl (C=O) groups excluding carboxylic acids is 1. The molecule has 0 bridgehead atoms. The van der Waals surface area contributed by atoms with Crippen LogP contribution in [-0.4, -0.2) is 65.3 Å². The predicted molar refractivity (Wildman–Crippen MR) is 74.7 cm³/mol. The average Bonchev–Trinajstić information content (AvgIpc) is 2.38. The lowest BCUT2D eigenvalue weighted by Gasteiger charge is -2.24. The molecular weight excluding hydrogens is 262 g/mol. The number of nitrogens with one attached hydrogen (secondary N) is 1. The van der Waals surface area contributed by atoms with Crippen molar-refractivity contribution in [3.8, 4) is 0 Å². The lowest BCUT2D eigenvalue weighted by Crippen LogP contribution is -2.47. The van der Waals surface area contributed by atoms with Crippen LogP contribution >= 0.6 is 0 Å². The third kappa shape index (κ3) is 8.47. The maximum absolute atomic E-state index is 11.4. The molecule has 6 nitrogen and oxygen atoms in total. The minimum absolute atomic E-state index is 0.0334. The van der Waals surface area contributed by atoms with E-state index in [1.165, 1.54) is 0 Å². The Balaban J connectivity index is 1.71. The molecule has 0 unspecified atom stereocenters. The Morgan fingerprint density at radius 2 is 1.50 bits per heavy atom. The van der Waals surface area contributed by atoms with Crippen molar-refractivity contribution in [2.45, 2.75) is 19.8 Å². The summed E-state index contributed by atoms with van der Waals surface area (Å²) in [4.78, 5) is 11.4. The largest absolute Gasteiger partial charge is 0.463 e. The first-order valence-electron chi connectivity index (χ1n) is 7.45. The van der Waals surface area contributed by atoms with Crippen LogP contribution in [0.25, 0.3) is 0 Å². The Labute approximate surface area is 121 Å². The first-order chi connectivity index (χ1) is 9.84. The molecule has 0 radical (unpaired) electrons. The number of hydrogen-bond donors (Lipinski definition) is 1. The van der Waals surface area contributed by atoms with Gasteiger partial charge in [-0.2, -0.15) is 0 Å². The van der Waals surface area contributed by atoms with E-state index in [0.717, 1.165) is 32.5 Å². The van der Waals surface area contributed by atoms with Crippen LogP contribution in [0.3, 0.4) is 0 Å². The highest BCUT2D eigenvalue weighted by Gasteiger charge is 2.25. The van der Waals surface area contributed by atoms with E-state index in [0.29, 0.717) is 39.6 Å². The van der Waals surface area contributed by atoms with Crippen LogP contribution in [0.1, 0.15) is 19.8 Å². The zero-order valence-electron chi connectivity index (χ0n) is 12.4. The molecule has 0 saturated carbocycles. The highest BCUT2D eigenvalue weighted by atomic mass is 16.6. The number of unbranched alkanes of at least 4 members (excludes halogenated alkanes) is 1. The Bertz CT molecular complexity index is 246. The Hall–Kier alpha value is -0.690. The normalized spacial score (nSPS) is 15.1. The van der Waals surface area contributed by atoms with Crippen molar-refractivity contribution in [1.29, 1.82) is 0 Å². The zero-order valence-corrected chi connectivity index (χ0v) is 12.4. The van der Waals surface area contributed by atoms with Gasteiger partial charge in [-0.3, -0.25) is 4.79 Å².